The zero-order valence-electron chi connectivity index (χ0n) is 17.4. The Hall–Kier alpha value is -2.46. The number of benzene rings is 2. The lowest BCUT2D eigenvalue weighted by Gasteiger charge is -2.11. The van der Waals surface area contributed by atoms with E-state index in [1.807, 2.05) is 60.9 Å². The molecular formula is C24H29ClN2O2. The van der Waals surface area contributed by atoms with Gasteiger partial charge in [0.25, 0.3) is 5.91 Å². The maximum absolute atomic E-state index is 13.0. The summed E-state index contributed by atoms with van der Waals surface area (Å²) >= 11 is 6.16. The van der Waals surface area contributed by atoms with Crippen molar-refractivity contribution in [1.82, 2.24) is 4.57 Å². The number of carbonyl (C=O) groups is 1. The average molecular weight is 413 g/mol. The van der Waals surface area contributed by atoms with Gasteiger partial charge in [0.1, 0.15) is 11.4 Å². The maximum Gasteiger partial charge on any atom is 0.272 e. The normalized spacial score (nSPS) is 11.0. The molecule has 154 valence electrons. The summed E-state index contributed by atoms with van der Waals surface area (Å²) in [5.74, 6) is 0.706. The fraction of sp³-hybridized carbons (Fsp3) is 0.375. The van der Waals surface area contributed by atoms with Crippen molar-refractivity contribution < 1.29 is 9.53 Å². The largest absolute Gasteiger partial charge is 0.494 e. The van der Waals surface area contributed by atoms with Gasteiger partial charge in [0.2, 0.25) is 0 Å². The van der Waals surface area contributed by atoms with Crippen LogP contribution in [0.5, 0.6) is 5.75 Å². The Morgan fingerprint density at radius 1 is 1.07 bits per heavy atom. The number of halogens is 1. The Balaban J connectivity index is 1.71. The molecule has 0 aliphatic heterocycles. The lowest BCUT2D eigenvalue weighted by atomic mass is 10.1. The van der Waals surface area contributed by atoms with Crippen LogP contribution in [0.4, 0.5) is 5.69 Å². The minimum absolute atomic E-state index is 0.120. The standard InChI is InChI=1S/C24H29ClN2O2/c1-4-6-7-8-15-29-20-12-10-19(11-13-20)26-24(28)23-17(3)21-16-18(25)9-14-22(21)27(23)5-2/h9-14,16H,4-8,15H2,1-3H3,(H,26,28). The van der Waals surface area contributed by atoms with Crippen molar-refractivity contribution in [3.63, 3.8) is 0 Å². The summed E-state index contributed by atoms with van der Waals surface area (Å²) in [5.41, 5.74) is 3.37. The van der Waals surface area contributed by atoms with E-state index in [4.69, 9.17) is 16.3 Å². The zero-order chi connectivity index (χ0) is 20.8. The number of fused-ring (bicyclic) bond motifs is 1. The van der Waals surface area contributed by atoms with E-state index in [2.05, 4.69) is 12.2 Å². The SMILES string of the molecule is CCCCCCOc1ccc(NC(=O)c2c(C)c3cc(Cl)ccc3n2CC)cc1. The summed E-state index contributed by atoms with van der Waals surface area (Å²) in [6.45, 7) is 7.64. The maximum atomic E-state index is 13.0. The minimum atomic E-state index is -0.120. The molecule has 0 saturated heterocycles. The van der Waals surface area contributed by atoms with E-state index >= 15 is 0 Å². The highest BCUT2D eigenvalue weighted by atomic mass is 35.5. The Kier molecular flexibility index (Phi) is 7.21. The van der Waals surface area contributed by atoms with Crippen LogP contribution in [0.3, 0.4) is 0 Å². The Morgan fingerprint density at radius 3 is 2.52 bits per heavy atom. The van der Waals surface area contributed by atoms with Crippen LogP contribution in [-0.4, -0.2) is 17.1 Å². The molecule has 2 aromatic carbocycles. The van der Waals surface area contributed by atoms with Gasteiger partial charge in [0, 0.05) is 28.2 Å². The first kappa shape index (κ1) is 21.3. The summed E-state index contributed by atoms with van der Waals surface area (Å²) < 4.78 is 7.81. The van der Waals surface area contributed by atoms with Crippen molar-refractivity contribution in [3.8, 4) is 5.75 Å². The number of aromatic nitrogens is 1. The van der Waals surface area contributed by atoms with Gasteiger partial charge in [-0.05, 0) is 68.3 Å². The van der Waals surface area contributed by atoms with Crippen LogP contribution in [0.15, 0.2) is 42.5 Å². The second-order valence-electron chi connectivity index (χ2n) is 7.27. The van der Waals surface area contributed by atoms with Gasteiger partial charge in [-0.1, -0.05) is 37.8 Å². The number of ether oxygens (including phenoxy) is 1. The van der Waals surface area contributed by atoms with Crippen LogP contribution < -0.4 is 10.1 Å². The fourth-order valence-electron chi connectivity index (χ4n) is 3.66. The Morgan fingerprint density at radius 2 is 1.83 bits per heavy atom. The quantitative estimate of drug-likeness (QED) is 0.391. The molecule has 0 atom stereocenters. The van der Waals surface area contributed by atoms with Crippen LogP contribution in [0.1, 0.15) is 55.6 Å². The van der Waals surface area contributed by atoms with Crippen molar-refractivity contribution in [2.24, 2.45) is 0 Å². The number of hydrogen-bond donors (Lipinski definition) is 1. The summed E-state index contributed by atoms with van der Waals surface area (Å²) in [7, 11) is 0. The van der Waals surface area contributed by atoms with Gasteiger partial charge in [0.05, 0.1) is 6.61 Å². The van der Waals surface area contributed by atoms with Gasteiger partial charge >= 0.3 is 0 Å². The third kappa shape index (κ3) is 4.94. The molecule has 4 nitrogen and oxygen atoms in total. The highest BCUT2D eigenvalue weighted by Gasteiger charge is 2.20. The fourth-order valence-corrected chi connectivity index (χ4v) is 3.83. The molecule has 0 unspecified atom stereocenters. The van der Waals surface area contributed by atoms with Crippen molar-refractivity contribution in [1.29, 1.82) is 0 Å². The van der Waals surface area contributed by atoms with E-state index in [1.165, 1.54) is 19.3 Å². The van der Waals surface area contributed by atoms with E-state index in [0.29, 0.717) is 17.3 Å². The summed E-state index contributed by atoms with van der Waals surface area (Å²) in [6.07, 6.45) is 4.73. The molecule has 0 aliphatic carbocycles. The number of nitrogens with zero attached hydrogens (tertiary/aromatic N) is 1. The molecule has 0 radical (unpaired) electrons. The van der Waals surface area contributed by atoms with E-state index in [0.717, 1.165) is 40.9 Å². The highest BCUT2D eigenvalue weighted by Crippen LogP contribution is 2.29. The molecular weight excluding hydrogens is 384 g/mol. The average Bonchev–Trinajstić information content (AvgIpc) is 3.00. The van der Waals surface area contributed by atoms with Crippen molar-refractivity contribution in [2.75, 3.05) is 11.9 Å². The topological polar surface area (TPSA) is 43.3 Å². The summed E-state index contributed by atoms with van der Waals surface area (Å²) in [6, 6.07) is 13.3. The molecule has 1 aromatic heterocycles. The number of rotatable bonds is 9. The van der Waals surface area contributed by atoms with Gasteiger partial charge in [-0.2, -0.15) is 0 Å². The summed E-state index contributed by atoms with van der Waals surface area (Å²) in [5, 5.41) is 4.70. The zero-order valence-corrected chi connectivity index (χ0v) is 18.2. The second kappa shape index (κ2) is 9.84. The molecule has 1 N–H and O–H groups in total. The van der Waals surface area contributed by atoms with Crippen LogP contribution >= 0.6 is 11.6 Å². The van der Waals surface area contributed by atoms with Crippen LogP contribution in [-0.2, 0) is 6.54 Å². The minimum Gasteiger partial charge on any atom is -0.494 e. The van der Waals surface area contributed by atoms with Gasteiger partial charge in [-0.15, -0.1) is 0 Å². The van der Waals surface area contributed by atoms with E-state index in [-0.39, 0.29) is 5.91 Å². The first-order valence-corrected chi connectivity index (χ1v) is 10.8. The summed E-state index contributed by atoms with van der Waals surface area (Å²) in [4.78, 5) is 13.0. The molecule has 0 spiro atoms. The molecule has 1 heterocycles. The van der Waals surface area contributed by atoms with Gasteiger partial charge in [0.15, 0.2) is 0 Å². The smallest absolute Gasteiger partial charge is 0.272 e. The van der Waals surface area contributed by atoms with Crippen molar-refractivity contribution in [2.45, 2.75) is 53.0 Å². The third-order valence-electron chi connectivity index (χ3n) is 5.19. The molecule has 0 aliphatic rings. The molecule has 0 bridgehead atoms. The van der Waals surface area contributed by atoms with Crippen LogP contribution in [0.2, 0.25) is 5.02 Å². The number of hydrogen-bond acceptors (Lipinski definition) is 2. The van der Waals surface area contributed by atoms with Gasteiger partial charge < -0.3 is 14.6 Å². The number of carbonyl (C=O) groups excluding carboxylic acids is 1. The number of amides is 1. The lowest BCUT2D eigenvalue weighted by Crippen LogP contribution is -2.17. The number of anilines is 1. The molecule has 29 heavy (non-hydrogen) atoms. The first-order valence-electron chi connectivity index (χ1n) is 10.4. The molecule has 0 saturated carbocycles. The second-order valence-corrected chi connectivity index (χ2v) is 7.70. The molecule has 3 rings (SSSR count). The molecule has 0 fully saturated rings. The number of aryl methyl sites for hydroxylation is 2. The lowest BCUT2D eigenvalue weighted by molar-refractivity contribution is 0.101. The Labute approximate surface area is 177 Å². The number of nitrogens with one attached hydrogen (secondary N) is 1. The monoisotopic (exact) mass is 412 g/mol. The molecule has 5 heteroatoms. The van der Waals surface area contributed by atoms with Gasteiger partial charge in [-0.25, -0.2) is 0 Å². The molecule has 3 aromatic rings. The Bertz CT molecular complexity index is 977. The highest BCUT2D eigenvalue weighted by molar-refractivity contribution is 6.31. The number of unbranched alkanes of at least 4 members (excludes halogenated alkanes) is 3. The van der Waals surface area contributed by atoms with Crippen LogP contribution in [0.25, 0.3) is 10.9 Å². The van der Waals surface area contributed by atoms with Gasteiger partial charge in [-0.3, -0.25) is 4.79 Å². The predicted octanol–water partition coefficient (Wildman–Crippen LogP) is 6.83. The van der Waals surface area contributed by atoms with E-state index < -0.39 is 0 Å². The van der Waals surface area contributed by atoms with E-state index in [1.54, 1.807) is 0 Å². The van der Waals surface area contributed by atoms with Crippen molar-refractivity contribution in [3.05, 3.63) is 58.7 Å². The first-order chi connectivity index (χ1) is 14.0. The third-order valence-corrected chi connectivity index (χ3v) is 5.42. The predicted molar refractivity (Wildman–Crippen MR) is 121 cm³/mol. The molecule has 1 amide bonds. The van der Waals surface area contributed by atoms with Crippen molar-refractivity contribution >= 4 is 34.1 Å². The van der Waals surface area contributed by atoms with E-state index in [9.17, 15) is 4.79 Å². The van der Waals surface area contributed by atoms with Crippen LogP contribution in [0, 0.1) is 6.92 Å².